The summed E-state index contributed by atoms with van der Waals surface area (Å²) < 4.78 is 5.71. The number of carboxylic acids is 1. The number of hydrogen-bond acceptors (Lipinski definition) is 4. The molecule has 6 heteroatoms. The highest BCUT2D eigenvalue weighted by Crippen LogP contribution is 2.17. The minimum atomic E-state index is -1.23. The second-order valence-electron chi connectivity index (χ2n) is 6.29. The first kappa shape index (κ1) is 19.7. The Balaban J connectivity index is 1.67. The molecule has 0 aliphatic carbocycles. The average molecular weight is 388 g/mol. The molecule has 0 saturated heterocycles. The lowest BCUT2D eigenvalue weighted by Gasteiger charge is -2.08. The molecule has 3 aromatic rings. The summed E-state index contributed by atoms with van der Waals surface area (Å²) in [6.07, 6.45) is 1.39. The molecule has 6 nitrogen and oxygen atoms in total. The third-order valence-corrected chi connectivity index (χ3v) is 4.06. The first-order valence-corrected chi connectivity index (χ1v) is 8.90. The van der Waals surface area contributed by atoms with Crippen molar-refractivity contribution in [3.8, 4) is 5.75 Å². The van der Waals surface area contributed by atoms with Gasteiger partial charge in [0.1, 0.15) is 18.1 Å². The molecule has 4 N–H and O–H groups in total. The molecule has 0 atom stereocenters. The lowest BCUT2D eigenvalue weighted by Crippen LogP contribution is -2.27. The third-order valence-electron chi connectivity index (χ3n) is 4.06. The van der Waals surface area contributed by atoms with Crippen LogP contribution in [0.15, 0.2) is 84.6 Å². The minimum Gasteiger partial charge on any atom is -0.489 e. The molecular formula is C23H20N2O4. The van der Waals surface area contributed by atoms with Gasteiger partial charge in [-0.2, -0.15) is 0 Å². The molecule has 3 aromatic carbocycles. The van der Waals surface area contributed by atoms with Gasteiger partial charge in [0.25, 0.3) is 5.91 Å². The fourth-order valence-electron chi connectivity index (χ4n) is 2.61. The molecule has 0 fully saturated rings. The molecule has 0 spiro atoms. The van der Waals surface area contributed by atoms with Crippen LogP contribution in [0.3, 0.4) is 0 Å². The van der Waals surface area contributed by atoms with Crippen molar-refractivity contribution >= 4 is 23.6 Å². The molecule has 29 heavy (non-hydrogen) atoms. The van der Waals surface area contributed by atoms with E-state index in [1.807, 2.05) is 18.2 Å². The number of aliphatic carboxylic acids is 1. The van der Waals surface area contributed by atoms with Crippen molar-refractivity contribution in [2.75, 3.05) is 5.73 Å². The van der Waals surface area contributed by atoms with Gasteiger partial charge in [0.05, 0.1) is 0 Å². The Hall–Kier alpha value is -4.06. The molecular weight excluding hydrogens is 368 g/mol. The highest BCUT2D eigenvalue weighted by Gasteiger charge is 2.13. The van der Waals surface area contributed by atoms with Gasteiger partial charge in [-0.1, -0.05) is 42.5 Å². The van der Waals surface area contributed by atoms with Crippen LogP contribution in [0, 0.1) is 0 Å². The Morgan fingerprint density at radius 3 is 2.34 bits per heavy atom. The van der Waals surface area contributed by atoms with E-state index in [1.165, 1.54) is 6.08 Å². The van der Waals surface area contributed by atoms with Crippen molar-refractivity contribution in [2.45, 2.75) is 6.61 Å². The monoisotopic (exact) mass is 388 g/mol. The standard InChI is InChI=1S/C23H20N2O4/c24-19-8-4-5-17(13-19)15-29-20-11-9-16(10-12-20)14-21(23(27)28)25-22(26)18-6-2-1-3-7-18/h1-14H,15,24H2,(H,25,26)(H,27,28)/b21-14+. The number of carbonyl (C=O) groups excluding carboxylic acids is 1. The quantitative estimate of drug-likeness (QED) is 0.423. The van der Waals surface area contributed by atoms with Crippen LogP contribution in [-0.2, 0) is 11.4 Å². The Labute approximate surface area is 168 Å². The van der Waals surface area contributed by atoms with Gasteiger partial charge in [-0.25, -0.2) is 4.79 Å². The number of nitrogen functional groups attached to an aromatic ring is 1. The number of carbonyl (C=O) groups is 2. The Morgan fingerprint density at radius 2 is 1.69 bits per heavy atom. The van der Waals surface area contributed by atoms with Crippen molar-refractivity contribution in [3.63, 3.8) is 0 Å². The maximum atomic E-state index is 12.2. The normalized spacial score (nSPS) is 11.0. The number of anilines is 1. The number of nitrogens with two attached hydrogens (primary N) is 1. The van der Waals surface area contributed by atoms with E-state index >= 15 is 0 Å². The molecule has 0 radical (unpaired) electrons. The SMILES string of the molecule is Nc1cccc(COc2ccc(/C=C(/NC(=O)c3ccccc3)C(=O)O)cc2)c1. The number of ether oxygens (including phenoxy) is 1. The zero-order valence-electron chi connectivity index (χ0n) is 15.5. The van der Waals surface area contributed by atoms with Crippen molar-refractivity contribution in [1.82, 2.24) is 5.32 Å². The van der Waals surface area contributed by atoms with Gasteiger partial charge in [-0.05, 0) is 53.6 Å². The predicted molar refractivity (Wildman–Crippen MR) is 111 cm³/mol. The Bertz CT molecular complexity index is 1030. The number of benzene rings is 3. The van der Waals surface area contributed by atoms with Gasteiger partial charge in [-0.15, -0.1) is 0 Å². The lowest BCUT2D eigenvalue weighted by molar-refractivity contribution is -0.132. The highest BCUT2D eigenvalue weighted by molar-refractivity contribution is 6.02. The van der Waals surface area contributed by atoms with Crippen LogP contribution < -0.4 is 15.8 Å². The van der Waals surface area contributed by atoms with Gasteiger partial charge in [-0.3, -0.25) is 4.79 Å². The summed E-state index contributed by atoms with van der Waals surface area (Å²) in [5.74, 6) is -1.08. The van der Waals surface area contributed by atoms with Gasteiger partial charge in [0.2, 0.25) is 0 Å². The van der Waals surface area contributed by atoms with Gasteiger partial charge in [0.15, 0.2) is 0 Å². The van der Waals surface area contributed by atoms with Crippen LogP contribution in [0.1, 0.15) is 21.5 Å². The lowest BCUT2D eigenvalue weighted by atomic mass is 10.1. The van der Waals surface area contributed by atoms with E-state index in [-0.39, 0.29) is 5.70 Å². The van der Waals surface area contributed by atoms with Crippen molar-refractivity contribution in [2.24, 2.45) is 0 Å². The van der Waals surface area contributed by atoms with E-state index < -0.39 is 11.9 Å². The summed E-state index contributed by atoms with van der Waals surface area (Å²) in [6.45, 7) is 0.369. The van der Waals surface area contributed by atoms with Crippen molar-refractivity contribution in [3.05, 3.63) is 101 Å². The Kier molecular flexibility index (Phi) is 6.27. The van der Waals surface area contributed by atoms with E-state index in [0.29, 0.717) is 29.2 Å². The second-order valence-corrected chi connectivity index (χ2v) is 6.29. The molecule has 3 rings (SSSR count). The van der Waals surface area contributed by atoms with Crippen LogP contribution in [0.2, 0.25) is 0 Å². The van der Waals surface area contributed by atoms with Crippen LogP contribution in [-0.4, -0.2) is 17.0 Å². The molecule has 146 valence electrons. The topological polar surface area (TPSA) is 102 Å². The first-order chi connectivity index (χ1) is 14.0. The molecule has 0 unspecified atom stereocenters. The van der Waals surface area contributed by atoms with Crippen LogP contribution in [0.5, 0.6) is 5.75 Å². The van der Waals surface area contributed by atoms with E-state index in [9.17, 15) is 14.7 Å². The number of carboxylic acid groups (broad SMARTS) is 1. The fraction of sp³-hybridized carbons (Fsp3) is 0.0435. The van der Waals surface area contributed by atoms with Crippen LogP contribution in [0.25, 0.3) is 6.08 Å². The summed E-state index contributed by atoms with van der Waals surface area (Å²) in [6, 6.07) is 22.7. The largest absolute Gasteiger partial charge is 0.489 e. The number of rotatable bonds is 7. The summed E-state index contributed by atoms with van der Waals surface area (Å²) in [7, 11) is 0. The minimum absolute atomic E-state index is 0.215. The highest BCUT2D eigenvalue weighted by atomic mass is 16.5. The zero-order chi connectivity index (χ0) is 20.6. The molecule has 0 heterocycles. The van der Waals surface area contributed by atoms with Crippen LogP contribution in [0.4, 0.5) is 5.69 Å². The molecule has 0 saturated carbocycles. The van der Waals surface area contributed by atoms with Crippen molar-refractivity contribution in [1.29, 1.82) is 0 Å². The van der Waals surface area contributed by atoms with E-state index in [2.05, 4.69) is 5.32 Å². The summed E-state index contributed by atoms with van der Waals surface area (Å²) in [5, 5.41) is 11.8. The smallest absolute Gasteiger partial charge is 0.352 e. The van der Waals surface area contributed by atoms with Gasteiger partial charge in [0, 0.05) is 11.3 Å². The maximum absolute atomic E-state index is 12.2. The molecule has 0 aliphatic rings. The van der Waals surface area contributed by atoms with E-state index in [0.717, 1.165) is 5.56 Å². The fourth-order valence-corrected chi connectivity index (χ4v) is 2.61. The molecule has 0 bridgehead atoms. The third kappa shape index (κ3) is 5.71. The zero-order valence-corrected chi connectivity index (χ0v) is 15.5. The van der Waals surface area contributed by atoms with Crippen molar-refractivity contribution < 1.29 is 19.4 Å². The van der Waals surface area contributed by atoms with Gasteiger partial charge < -0.3 is 20.9 Å². The average Bonchev–Trinajstić information content (AvgIpc) is 2.73. The van der Waals surface area contributed by atoms with E-state index in [1.54, 1.807) is 60.7 Å². The predicted octanol–water partition coefficient (Wildman–Crippen LogP) is 3.70. The molecule has 1 amide bonds. The summed E-state index contributed by atoms with van der Waals surface area (Å²) in [4.78, 5) is 23.7. The molecule has 0 aromatic heterocycles. The number of hydrogen-bond donors (Lipinski definition) is 3. The number of amides is 1. The molecule has 0 aliphatic heterocycles. The number of nitrogens with one attached hydrogen (secondary N) is 1. The first-order valence-electron chi connectivity index (χ1n) is 8.90. The van der Waals surface area contributed by atoms with E-state index in [4.69, 9.17) is 10.5 Å². The Morgan fingerprint density at radius 1 is 0.966 bits per heavy atom. The summed E-state index contributed by atoms with van der Waals surface area (Å²) >= 11 is 0. The summed E-state index contributed by atoms with van der Waals surface area (Å²) in [5.41, 5.74) is 8.15. The van der Waals surface area contributed by atoms with Gasteiger partial charge >= 0.3 is 5.97 Å². The van der Waals surface area contributed by atoms with Crippen LogP contribution >= 0.6 is 0 Å². The second kappa shape index (κ2) is 9.23. The maximum Gasteiger partial charge on any atom is 0.352 e.